The van der Waals surface area contributed by atoms with Crippen LogP contribution in [0.15, 0.2) is 78.2 Å². The minimum atomic E-state index is -4.74. The largest absolute Gasteiger partial charge is 0.484 e. The van der Waals surface area contributed by atoms with Crippen molar-refractivity contribution in [1.82, 2.24) is 5.32 Å². The second kappa shape index (κ2) is 10.5. The standard InChI is InChI=1S/C27H24F4N2O4S/c1-3-6-26(34)32-15-20-16-33(38(35,36)21-8-4-7-19(14-21)27(29,30)31)24-13-18(11-12-25(24)37-20)22-9-5-10-23(28)17(22)2/h3-5,7-14,20H,1,6,15-16H2,2H3,(H,32,34)/t20-/m0/s1. The van der Waals surface area contributed by atoms with Crippen molar-refractivity contribution in [2.75, 3.05) is 17.4 Å². The molecule has 0 bridgehead atoms. The Labute approximate surface area is 217 Å². The maximum atomic E-state index is 14.2. The summed E-state index contributed by atoms with van der Waals surface area (Å²) in [7, 11) is -4.51. The zero-order valence-electron chi connectivity index (χ0n) is 20.3. The zero-order chi connectivity index (χ0) is 27.7. The molecular formula is C27H24F4N2O4S. The van der Waals surface area contributed by atoms with E-state index in [0.717, 1.165) is 22.5 Å². The molecule has 0 aliphatic carbocycles. The Hall–Kier alpha value is -3.86. The maximum Gasteiger partial charge on any atom is 0.416 e. The average molecular weight is 549 g/mol. The van der Waals surface area contributed by atoms with Crippen LogP contribution in [0.1, 0.15) is 17.5 Å². The summed E-state index contributed by atoms with van der Waals surface area (Å²) in [6.45, 7) is 4.74. The number of nitrogens with zero attached hydrogens (tertiary/aromatic N) is 1. The fourth-order valence-corrected chi connectivity index (χ4v) is 5.67. The SMILES string of the molecule is C=CCC(=O)NC[C@H]1CN(S(=O)(=O)c2cccc(C(F)(F)F)c2)c2cc(-c3cccc(F)c3C)ccc2O1. The number of benzene rings is 3. The number of anilines is 1. The minimum absolute atomic E-state index is 0.0475. The van der Waals surface area contributed by atoms with Gasteiger partial charge in [-0.2, -0.15) is 13.2 Å². The Morgan fingerprint density at radius 2 is 1.89 bits per heavy atom. The summed E-state index contributed by atoms with van der Waals surface area (Å²) >= 11 is 0. The van der Waals surface area contributed by atoms with E-state index in [0.29, 0.717) is 22.8 Å². The Morgan fingerprint density at radius 3 is 2.61 bits per heavy atom. The number of halogens is 4. The molecule has 11 heteroatoms. The number of carbonyl (C=O) groups excluding carboxylic acids is 1. The van der Waals surface area contributed by atoms with Crippen molar-refractivity contribution in [2.24, 2.45) is 0 Å². The summed E-state index contributed by atoms with van der Waals surface area (Å²) in [6, 6.07) is 12.6. The van der Waals surface area contributed by atoms with Crippen LogP contribution in [-0.2, 0) is 21.0 Å². The first kappa shape index (κ1) is 27.2. The number of amides is 1. The first-order chi connectivity index (χ1) is 17.9. The van der Waals surface area contributed by atoms with Crippen LogP contribution in [0, 0.1) is 12.7 Å². The molecule has 0 aromatic heterocycles. The lowest BCUT2D eigenvalue weighted by Crippen LogP contribution is -2.48. The predicted molar refractivity (Wildman–Crippen MR) is 135 cm³/mol. The molecule has 4 rings (SSSR count). The van der Waals surface area contributed by atoms with E-state index in [1.54, 1.807) is 19.1 Å². The fourth-order valence-electron chi connectivity index (χ4n) is 4.12. The quantitative estimate of drug-likeness (QED) is 0.314. The highest BCUT2D eigenvalue weighted by Crippen LogP contribution is 2.41. The van der Waals surface area contributed by atoms with E-state index in [9.17, 15) is 30.8 Å². The second-order valence-corrected chi connectivity index (χ2v) is 10.6. The van der Waals surface area contributed by atoms with Crippen LogP contribution in [0.4, 0.5) is 23.2 Å². The summed E-state index contributed by atoms with van der Waals surface area (Å²) in [5.74, 6) is -0.647. The lowest BCUT2D eigenvalue weighted by Gasteiger charge is -2.36. The van der Waals surface area contributed by atoms with Gasteiger partial charge in [-0.3, -0.25) is 9.10 Å². The normalized spacial score (nSPS) is 15.4. The van der Waals surface area contributed by atoms with E-state index >= 15 is 0 Å². The van der Waals surface area contributed by atoms with Gasteiger partial charge in [0, 0.05) is 6.42 Å². The smallest absolute Gasteiger partial charge is 0.416 e. The monoisotopic (exact) mass is 548 g/mol. The van der Waals surface area contributed by atoms with Gasteiger partial charge in [-0.1, -0.05) is 30.3 Å². The molecule has 0 saturated carbocycles. The number of carbonyl (C=O) groups is 1. The Balaban J connectivity index is 1.80. The molecule has 1 N–H and O–H groups in total. The number of rotatable bonds is 7. The number of ether oxygens (including phenoxy) is 1. The number of sulfonamides is 1. The van der Waals surface area contributed by atoms with Gasteiger partial charge in [0.25, 0.3) is 10.0 Å². The molecule has 0 unspecified atom stereocenters. The molecule has 3 aromatic carbocycles. The summed E-state index contributed by atoms with van der Waals surface area (Å²) in [5.41, 5.74) is 0.329. The summed E-state index contributed by atoms with van der Waals surface area (Å²) in [5, 5.41) is 2.63. The highest BCUT2D eigenvalue weighted by molar-refractivity contribution is 7.92. The highest BCUT2D eigenvalue weighted by Gasteiger charge is 2.37. The van der Waals surface area contributed by atoms with Gasteiger partial charge in [-0.25, -0.2) is 12.8 Å². The number of fused-ring (bicyclic) bond motifs is 1. The van der Waals surface area contributed by atoms with Crippen LogP contribution in [0.25, 0.3) is 11.1 Å². The van der Waals surface area contributed by atoms with Gasteiger partial charge in [0.2, 0.25) is 5.91 Å². The van der Waals surface area contributed by atoms with Crippen LogP contribution in [-0.4, -0.2) is 33.5 Å². The predicted octanol–water partition coefficient (Wildman–Crippen LogP) is 5.47. The first-order valence-electron chi connectivity index (χ1n) is 11.6. The maximum absolute atomic E-state index is 14.2. The van der Waals surface area contributed by atoms with E-state index in [1.165, 1.54) is 30.3 Å². The van der Waals surface area contributed by atoms with Crippen LogP contribution in [0.2, 0.25) is 0 Å². The van der Waals surface area contributed by atoms with Crippen molar-refractivity contribution in [3.63, 3.8) is 0 Å². The van der Waals surface area contributed by atoms with Crippen molar-refractivity contribution >= 4 is 21.6 Å². The third kappa shape index (κ3) is 5.52. The van der Waals surface area contributed by atoms with Gasteiger partial charge in [-0.15, -0.1) is 6.58 Å². The summed E-state index contributed by atoms with van der Waals surface area (Å²) in [4.78, 5) is 11.4. The molecule has 1 aliphatic heterocycles. The minimum Gasteiger partial charge on any atom is -0.484 e. The summed E-state index contributed by atoms with van der Waals surface area (Å²) < 4.78 is 88.6. The molecule has 0 spiro atoms. The third-order valence-electron chi connectivity index (χ3n) is 6.08. The Morgan fingerprint density at radius 1 is 1.16 bits per heavy atom. The van der Waals surface area contributed by atoms with Crippen molar-refractivity contribution in [2.45, 2.75) is 30.5 Å². The number of hydrogen-bond acceptors (Lipinski definition) is 4. The van der Waals surface area contributed by atoms with Crippen molar-refractivity contribution in [3.05, 3.63) is 90.3 Å². The number of nitrogens with one attached hydrogen (secondary N) is 1. The topological polar surface area (TPSA) is 75.7 Å². The van der Waals surface area contributed by atoms with Gasteiger partial charge in [0.15, 0.2) is 0 Å². The van der Waals surface area contributed by atoms with E-state index in [-0.39, 0.29) is 36.9 Å². The lowest BCUT2D eigenvalue weighted by molar-refractivity contribution is -0.137. The van der Waals surface area contributed by atoms with Crippen LogP contribution in [0.3, 0.4) is 0 Å². The molecular weight excluding hydrogens is 524 g/mol. The van der Waals surface area contributed by atoms with Gasteiger partial charge in [0.1, 0.15) is 17.7 Å². The van der Waals surface area contributed by atoms with Crippen LogP contribution >= 0.6 is 0 Å². The Bertz CT molecular complexity index is 1490. The lowest BCUT2D eigenvalue weighted by atomic mass is 9.99. The van der Waals surface area contributed by atoms with Gasteiger partial charge >= 0.3 is 6.18 Å². The average Bonchev–Trinajstić information content (AvgIpc) is 2.88. The fraction of sp³-hybridized carbons (Fsp3) is 0.222. The zero-order valence-corrected chi connectivity index (χ0v) is 21.1. The van der Waals surface area contributed by atoms with E-state index < -0.39 is 38.6 Å². The molecule has 0 radical (unpaired) electrons. The van der Waals surface area contributed by atoms with Gasteiger partial charge in [0.05, 0.1) is 29.2 Å². The van der Waals surface area contributed by atoms with E-state index in [4.69, 9.17) is 4.74 Å². The summed E-state index contributed by atoms with van der Waals surface area (Å²) in [6.07, 6.45) is -4.12. The first-order valence-corrected chi connectivity index (χ1v) is 13.0. The van der Waals surface area contributed by atoms with Crippen molar-refractivity contribution < 1.29 is 35.5 Å². The van der Waals surface area contributed by atoms with E-state index in [2.05, 4.69) is 11.9 Å². The van der Waals surface area contributed by atoms with Crippen LogP contribution < -0.4 is 14.4 Å². The molecule has 1 atom stereocenters. The molecule has 1 amide bonds. The molecule has 200 valence electrons. The van der Waals surface area contributed by atoms with Crippen LogP contribution in [0.5, 0.6) is 5.75 Å². The van der Waals surface area contributed by atoms with Crippen molar-refractivity contribution in [1.29, 1.82) is 0 Å². The number of alkyl halides is 3. The number of hydrogen-bond donors (Lipinski definition) is 1. The van der Waals surface area contributed by atoms with Crippen molar-refractivity contribution in [3.8, 4) is 16.9 Å². The van der Waals surface area contributed by atoms with Gasteiger partial charge < -0.3 is 10.1 Å². The molecule has 0 fully saturated rings. The van der Waals surface area contributed by atoms with E-state index in [1.807, 2.05) is 0 Å². The molecule has 1 heterocycles. The molecule has 0 saturated heterocycles. The highest BCUT2D eigenvalue weighted by atomic mass is 32.2. The van der Waals surface area contributed by atoms with Gasteiger partial charge in [-0.05, 0) is 60.0 Å². The second-order valence-electron chi connectivity index (χ2n) is 8.69. The Kier molecular flexibility index (Phi) is 7.50. The molecule has 38 heavy (non-hydrogen) atoms. The third-order valence-corrected chi connectivity index (χ3v) is 7.85. The molecule has 1 aliphatic rings. The molecule has 3 aromatic rings. The molecule has 6 nitrogen and oxygen atoms in total.